The van der Waals surface area contributed by atoms with Gasteiger partial charge in [-0.2, -0.15) is 0 Å². The number of fused-ring (bicyclic) bond motifs is 1. The van der Waals surface area contributed by atoms with E-state index in [-0.39, 0.29) is 18.7 Å². The van der Waals surface area contributed by atoms with Crippen molar-refractivity contribution in [3.8, 4) is 11.5 Å². The van der Waals surface area contributed by atoms with Crippen molar-refractivity contribution < 1.29 is 14.3 Å². The first kappa shape index (κ1) is 16.8. The van der Waals surface area contributed by atoms with Crippen molar-refractivity contribution in [2.24, 2.45) is 0 Å². The molecule has 0 spiro atoms. The fraction of sp³-hybridized carbons (Fsp3) is 0.400. The largest absolute Gasteiger partial charge is 0.454 e. The number of pyridine rings is 1. The zero-order valence-electron chi connectivity index (χ0n) is 14.7. The van der Waals surface area contributed by atoms with E-state index in [9.17, 15) is 4.79 Å². The first-order valence-electron chi connectivity index (χ1n) is 9.11. The lowest BCUT2D eigenvalue weighted by atomic mass is 10.1. The van der Waals surface area contributed by atoms with Crippen LogP contribution in [0.1, 0.15) is 30.0 Å². The molecule has 1 N–H and O–H groups in total. The van der Waals surface area contributed by atoms with E-state index in [0.717, 1.165) is 55.0 Å². The van der Waals surface area contributed by atoms with Crippen LogP contribution in [-0.4, -0.2) is 42.2 Å². The van der Waals surface area contributed by atoms with Crippen LogP contribution in [0, 0.1) is 0 Å². The molecule has 1 atom stereocenters. The molecule has 6 nitrogen and oxygen atoms in total. The molecule has 1 unspecified atom stereocenters. The molecule has 4 rings (SSSR count). The Hall–Kier alpha value is -2.60. The maximum absolute atomic E-state index is 12.9. The van der Waals surface area contributed by atoms with Gasteiger partial charge in [0.1, 0.15) is 6.04 Å². The van der Waals surface area contributed by atoms with Gasteiger partial charge in [-0.15, -0.1) is 0 Å². The molecular formula is C20H23N3O3. The lowest BCUT2D eigenvalue weighted by Crippen LogP contribution is -2.40. The highest BCUT2D eigenvalue weighted by molar-refractivity contribution is 5.83. The van der Waals surface area contributed by atoms with Crippen molar-refractivity contribution in [1.29, 1.82) is 0 Å². The Morgan fingerprint density at radius 2 is 2.04 bits per heavy atom. The molecule has 0 saturated carbocycles. The average molecular weight is 353 g/mol. The second-order valence-electron chi connectivity index (χ2n) is 6.66. The maximum atomic E-state index is 12.9. The molecule has 0 aliphatic carbocycles. The van der Waals surface area contributed by atoms with Crippen molar-refractivity contribution in [2.45, 2.75) is 25.3 Å². The summed E-state index contributed by atoms with van der Waals surface area (Å²) in [5, 5.41) is 3.09. The first-order chi connectivity index (χ1) is 12.8. The van der Waals surface area contributed by atoms with Gasteiger partial charge in [0.15, 0.2) is 11.5 Å². The van der Waals surface area contributed by atoms with Crippen molar-refractivity contribution >= 4 is 5.91 Å². The van der Waals surface area contributed by atoms with Crippen LogP contribution < -0.4 is 14.8 Å². The predicted octanol–water partition coefficient (Wildman–Crippen LogP) is 2.31. The Balaban J connectivity index is 1.38. The van der Waals surface area contributed by atoms with Crippen molar-refractivity contribution in [3.63, 3.8) is 0 Å². The third-order valence-corrected chi connectivity index (χ3v) is 4.90. The number of likely N-dealkylation sites (tertiary alicyclic amines) is 1. The lowest BCUT2D eigenvalue weighted by Gasteiger charge is -2.26. The predicted molar refractivity (Wildman–Crippen MR) is 97.1 cm³/mol. The number of nitrogens with zero attached hydrogens (tertiary/aromatic N) is 2. The van der Waals surface area contributed by atoms with Crippen LogP contribution in [-0.2, 0) is 11.2 Å². The zero-order chi connectivity index (χ0) is 17.8. The van der Waals surface area contributed by atoms with Gasteiger partial charge < -0.3 is 14.8 Å². The summed E-state index contributed by atoms with van der Waals surface area (Å²) in [4.78, 5) is 19.3. The van der Waals surface area contributed by atoms with Gasteiger partial charge in [-0.1, -0.05) is 12.1 Å². The van der Waals surface area contributed by atoms with Crippen LogP contribution in [0.5, 0.6) is 11.5 Å². The van der Waals surface area contributed by atoms with E-state index in [1.807, 2.05) is 30.3 Å². The fourth-order valence-electron chi connectivity index (χ4n) is 3.59. The third kappa shape index (κ3) is 3.65. The second kappa shape index (κ2) is 7.74. The minimum absolute atomic E-state index is 0.0423. The van der Waals surface area contributed by atoms with Gasteiger partial charge in [0, 0.05) is 18.9 Å². The summed E-state index contributed by atoms with van der Waals surface area (Å²) in [6, 6.07) is 9.52. The number of nitrogens with one attached hydrogen (secondary N) is 1. The molecule has 2 aliphatic rings. The summed E-state index contributed by atoms with van der Waals surface area (Å²) < 4.78 is 10.7. The Morgan fingerprint density at radius 3 is 2.85 bits per heavy atom. The van der Waals surface area contributed by atoms with Crippen molar-refractivity contribution in [3.05, 3.63) is 53.9 Å². The molecule has 6 heteroatoms. The van der Waals surface area contributed by atoms with E-state index in [1.165, 1.54) is 0 Å². The van der Waals surface area contributed by atoms with Gasteiger partial charge in [-0.05, 0) is 61.7 Å². The number of hydrogen-bond donors (Lipinski definition) is 1. The van der Waals surface area contributed by atoms with Gasteiger partial charge in [0.25, 0.3) is 0 Å². The molecule has 1 fully saturated rings. The van der Waals surface area contributed by atoms with E-state index < -0.39 is 0 Å². The summed E-state index contributed by atoms with van der Waals surface area (Å²) in [5.41, 5.74) is 2.07. The Labute approximate surface area is 153 Å². The highest BCUT2D eigenvalue weighted by atomic mass is 16.7. The molecular weight excluding hydrogens is 330 g/mol. The molecule has 1 saturated heterocycles. The van der Waals surface area contributed by atoms with E-state index >= 15 is 0 Å². The number of aromatic nitrogens is 1. The maximum Gasteiger partial charge on any atom is 0.242 e. The molecule has 1 aromatic carbocycles. The van der Waals surface area contributed by atoms with Crippen molar-refractivity contribution in [1.82, 2.24) is 15.2 Å². The molecule has 0 bridgehead atoms. The molecule has 2 aromatic rings. The Bertz CT molecular complexity index is 760. The van der Waals surface area contributed by atoms with Crippen LogP contribution in [0.15, 0.2) is 42.7 Å². The summed E-state index contributed by atoms with van der Waals surface area (Å²) in [5.74, 6) is 1.60. The van der Waals surface area contributed by atoms with E-state index in [4.69, 9.17) is 9.47 Å². The first-order valence-corrected chi connectivity index (χ1v) is 9.11. The number of amides is 1. The standard InChI is InChI=1S/C20H23N3O3/c24-20(19(23-10-1-2-11-23)16-4-3-8-21-13-16)22-9-7-15-5-6-17-18(12-15)26-14-25-17/h3-6,8,12-13,19H,1-2,7,9-11,14H2,(H,22,24). The van der Waals surface area contributed by atoms with Crippen molar-refractivity contribution in [2.75, 3.05) is 26.4 Å². The van der Waals surface area contributed by atoms with Gasteiger partial charge in [0.05, 0.1) is 0 Å². The summed E-state index contributed by atoms with van der Waals surface area (Å²) in [6.07, 6.45) is 6.56. The number of hydrogen-bond acceptors (Lipinski definition) is 5. The third-order valence-electron chi connectivity index (χ3n) is 4.90. The number of rotatable bonds is 6. The van der Waals surface area contributed by atoms with Gasteiger partial charge in [0.2, 0.25) is 12.7 Å². The molecule has 136 valence electrons. The summed E-state index contributed by atoms with van der Waals surface area (Å²) >= 11 is 0. The van der Waals surface area contributed by atoms with E-state index in [1.54, 1.807) is 12.4 Å². The summed E-state index contributed by atoms with van der Waals surface area (Å²) in [7, 11) is 0. The highest BCUT2D eigenvalue weighted by Gasteiger charge is 2.29. The summed E-state index contributed by atoms with van der Waals surface area (Å²) in [6.45, 7) is 2.77. The minimum Gasteiger partial charge on any atom is -0.454 e. The molecule has 1 amide bonds. The van der Waals surface area contributed by atoms with Crippen LogP contribution in [0.2, 0.25) is 0 Å². The zero-order valence-corrected chi connectivity index (χ0v) is 14.7. The smallest absolute Gasteiger partial charge is 0.242 e. The molecule has 3 heterocycles. The normalized spacial score (nSPS) is 17.2. The Morgan fingerprint density at radius 1 is 1.19 bits per heavy atom. The fourth-order valence-corrected chi connectivity index (χ4v) is 3.59. The lowest BCUT2D eigenvalue weighted by molar-refractivity contribution is -0.126. The van der Waals surface area contributed by atoms with Crippen LogP contribution >= 0.6 is 0 Å². The highest BCUT2D eigenvalue weighted by Crippen LogP contribution is 2.32. The molecule has 26 heavy (non-hydrogen) atoms. The monoisotopic (exact) mass is 353 g/mol. The van der Waals surface area contributed by atoms with Gasteiger partial charge >= 0.3 is 0 Å². The second-order valence-corrected chi connectivity index (χ2v) is 6.66. The van der Waals surface area contributed by atoms with Crippen LogP contribution in [0.3, 0.4) is 0 Å². The SMILES string of the molecule is O=C(NCCc1ccc2c(c1)OCO2)C(c1cccnc1)N1CCCC1. The number of benzene rings is 1. The van der Waals surface area contributed by atoms with E-state index in [2.05, 4.69) is 15.2 Å². The minimum atomic E-state index is -0.261. The quantitative estimate of drug-likeness (QED) is 0.863. The van der Waals surface area contributed by atoms with Gasteiger partial charge in [-0.3, -0.25) is 14.7 Å². The average Bonchev–Trinajstić information content (AvgIpc) is 3.34. The number of carbonyl (C=O) groups is 1. The van der Waals surface area contributed by atoms with Crippen LogP contribution in [0.25, 0.3) is 0 Å². The topological polar surface area (TPSA) is 63.7 Å². The van der Waals surface area contributed by atoms with Crippen LogP contribution in [0.4, 0.5) is 0 Å². The Kier molecular flexibility index (Phi) is 5.02. The van der Waals surface area contributed by atoms with Gasteiger partial charge in [-0.25, -0.2) is 0 Å². The molecule has 2 aliphatic heterocycles. The molecule has 1 aromatic heterocycles. The number of ether oxygens (including phenoxy) is 2. The van der Waals surface area contributed by atoms with E-state index in [0.29, 0.717) is 6.54 Å². The number of carbonyl (C=O) groups excluding carboxylic acids is 1. The molecule has 0 radical (unpaired) electrons.